The van der Waals surface area contributed by atoms with Gasteiger partial charge >= 0.3 is 6.03 Å². The molecule has 1 aromatic rings. The highest BCUT2D eigenvalue weighted by Gasteiger charge is 2.38. The van der Waals surface area contributed by atoms with Crippen molar-refractivity contribution in [2.24, 2.45) is 5.92 Å². The van der Waals surface area contributed by atoms with Crippen molar-refractivity contribution in [1.29, 1.82) is 0 Å². The molecule has 9 nitrogen and oxygen atoms in total. The van der Waals surface area contributed by atoms with Gasteiger partial charge < -0.3 is 25.4 Å². The van der Waals surface area contributed by atoms with E-state index >= 15 is 0 Å². The maximum atomic E-state index is 13.1. The lowest BCUT2D eigenvalue weighted by molar-refractivity contribution is -0.310. The van der Waals surface area contributed by atoms with Gasteiger partial charge in [-0.1, -0.05) is 32.4 Å². The number of benzene rings is 1. The van der Waals surface area contributed by atoms with Crippen LogP contribution < -0.4 is 20.6 Å². The van der Waals surface area contributed by atoms with Crippen LogP contribution in [0.5, 0.6) is 0 Å². The number of amides is 4. The topological polar surface area (TPSA) is 122 Å². The first kappa shape index (κ1) is 20.6. The molecule has 29 heavy (non-hydrogen) atoms. The van der Waals surface area contributed by atoms with Gasteiger partial charge in [-0.2, -0.15) is 0 Å². The number of carboxylic acids is 1. The Balaban J connectivity index is 1.82. The summed E-state index contributed by atoms with van der Waals surface area (Å²) in [5.74, 6) is -2.27. The summed E-state index contributed by atoms with van der Waals surface area (Å²) >= 11 is 0. The summed E-state index contributed by atoms with van der Waals surface area (Å²) in [6, 6.07) is 4.45. The van der Waals surface area contributed by atoms with E-state index in [1.807, 2.05) is 13.8 Å². The first-order chi connectivity index (χ1) is 13.8. The number of carboxylic acid groups (broad SMARTS) is 1. The number of aliphatic carboxylic acids is 1. The number of para-hydroxylation sites is 2. The number of nitrogens with zero attached hydrogens (tertiary/aromatic N) is 2. The van der Waals surface area contributed by atoms with Gasteiger partial charge in [-0.05, 0) is 30.9 Å². The molecule has 0 unspecified atom stereocenters. The van der Waals surface area contributed by atoms with Crippen molar-refractivity contribution in [2.75, 3.05) is 23.3 Å². The number of carbonyl (C=O) groups excluding carboxylic acids is 4. The molecule has 156 valence electrons. The molecule has 1 aromatic carbocycles. The van der Waals surface area contributed by atoms with Crippen LogP contribution in [0.25, 0.3) is 0 Å². The Hall–Kier alpha value is -3.10. The van der Waals surface area contributed by atoms with Gasteiger partial charge in [-0.3, -0.25) is 14.5 Å². The average Bonchev–Trinajstić information content (AvgIpc) is 3.20. The Kier molecular flexibility index (Phi) is 6.05. The predicted octanol–water partition coefficient (Wildman–Crippen LogP) is 0.310. The molecule has 1 saturated heterocycles. The Morgan fingerprint density at radius 1 is 1.31 bits per heavy atom. The minimum absolute atomic E-state index is 0.171. The molecule has 2 aliphatic rings. The molecule has 1 fully saturated rings. The van der Waals surface area contributed by atoms with Crippen LogP contribution in [0, 0.1) is 5.92 Å². The van der Waals surface area contributed by atoms with Gasteiger partial charge in [0.05, 0.1) is 23.4 Å². The van der Waals surface area contributed by atoms with E-state index in [0.717, 1.165) is 0 Å². The number of urea groups is 1. The van der Waals surface area contributed by atoms with Crippen molar-refractivity contribution in [3.05, 3.63) is 24.3 Å². The van der Waals surface area contributed by atoms with Crippen LogP contribution >= 0.6 is 0 Å². The Labute approximate surface area is 169 Å². The van der Waals surface area contributed by atoms with Crippen LogP contribution in [0.4, 0.5) is 16.2 Å². The van der Waals surface area contributed by atoms with Crippen LogP contribution in [0.2, 0.25) is 0 Å². The number of likely N-dealkylation sites (tertiary alicyclic amines) is 1. The molecule has 3 rings (SSSR count). The highest BCUT2D eigenvalue weighted by atomic mass is 16.4. The number of fused-ring (bicyclic) bond motifs is 1. The van der Waals surface area contributed by atoms with Crippen LogP contribution in [-0.4, -0.2) is 53.9 Å². The molecule has 4 amide bonds. The van der Waals surface area contributed by atoms with Gasteiger partial charge in [0.15, 0.2) is 0 Å². The first-order valence-corrected chi connectivity index (χ1v) is 9.81. The van der Waals surface area contributed by atoms with E-state index in [4.69, 9.17) is 0 Å². The third-order valence-corrected chi connectivity index (χ3v) is 5.58. The van der Waals surface area contributed by atoms with E-state index in [1.54, 1.807) is 24.3 Å². The molecule has 0 aromatic heterocycles. The molecule has 0 aliphatic carbocycles. The second-order valence-electron chi connectivity index (χ2n) is 7.47. The number of rotatable bonds is 5. The highest BCUT2D eigenvalue weighted by Crippen LogP contribution is 2.29. The van der Waals surface area contributed by atoms with Crippen LogP contribution in [-0.2, 0) is 14.4 Å². The normalized spacial score (nSPS) is 20.5. The van der Waals surface area contributed by atoms with Gasteiger partial charge in [0.1, 0.15) is 12.6 Å². The van der Waals surface area contributed by atoms with E-state index < -0.39 is 30.0 Å². The molecule has 9 heteroatoms. The fourth-order valence-corrected chi connectivity index (χ4v) is 3.76. The maximum Gasteiger partial charge on any atom is 0.323 e. The van der Waals surface area contributed by atoms with E-state index in [0.29, 0.717) is 37.2 Å². The molecule has 3 atom stereocenters. The summed E-state index contributed by atoms with van der Waals surface area (Å²) in [4.78, 5) is 52.1. The number of hydrogen-bond acceptors (Lipinski definition) is 5. The monoisotopic (exact) mass is 401 g/mol. The Bertz CT molecular complexity index is 827. The first-order valence-electron chi connectivity index (χ1n) is 9.81. The molecule has 0 radical (unpaired) electrons. The minimum atomic E-state index is -1.29. The minimum Gasteiger partial charge on any atom is -0.548 e. The summed E-state index contributed by atoms with van der Waals surface area (Å²) in [5.41, 5.74) is 1.05. The molecule has 0 spiro atoms. The van der Waals surface area contributed by atoms with Gasteiger partial charge in [0.25, 0.3) is 0 Å². The standard InChI is InChI=1S/C20H26N4O5/c1-3-12(2)17(18(26)23-10-6-9-15(23)19(27)28)22-20(29)24-11-16(25)21-13-7-4-5-8-14(13)24/h4-5,7-8,12,15,17H,3,6,9-11H2,1-2H3,(H,21,25)(H,22,29)(H,27,28)/p-1/t12-,15+,17-/m0/s1. The lowest BCUT2D eigenvalue weighted by Gasteiger charge is -2.35. The number of hydrogen-bond donors (Lipinski definition) is 2. The molecule has 0 bridgehead atoms. The number of carbonyl (C=O) groups is 4. The van der Waals surface area contributed by atoms with Crippen LogP contribution in [0.15, 0.2) is 24.3 Å². The molecule has 2 heterocycles. The zero-order chi connectivity index (χ0) is 21.1. The quantitative estimate of drug-likeness (QED) is 0.735. The van der Waals surface area contributed by atoms with E-state index in [-0.39, 0.29) is 18.4 Å². The highest BCUT2D eigenvalue weighted by molar-refractivity contribution is 6.10. The molecule has 2 aliphatic heterocycles. The number of nitrogens with one attached hydrogen (secondary N) is 2. The molecular formula is C20H25N4O5-. The third kappa shape index (κ3) is 4.18. The van der Waals surface area contributed by atoms with E-state index in [2.05, 4.69) is 10.6 Å². The summed E-state index contributed by atoms with van der Waals surface area (Å²) in [5, 5.41) is 16.8. The summed E-state index contributed by atoms with van der Waals surface area (Å²) in [7, 11) is 0. The second kappa shape index (κ2) is 8.50. The molecule has 2 N–H and O–H groups in total. The van der Waals surface area contributed by atoms with Crippen molar-refractivity contribution in [2.45, 2.75) is 45.2 Å². The van der Waals surface area contributed by atoms with Crippen molar-refractivity contribution < 1.29 is 24.3 Å². The third-order valence-electron chi connectivity index (χ3n) is 5.58. The van der Waals surface area contributed by atoms with Gasteiger partial charge in [-0.25, -0.2) is 4.79 Å². The predicted molar refractivity (Wildman–Crippen MR) is 104 cm³/mol. The molecule has 0 saturated carbocycles. The Morgan fingerprint density at radius 3 is 2.72 bits per heavy atom. The number of anilines is 2. The van der Waals surface area contributed by atoms with Gasteiger partial charge in [-0.15, -0.1) is 0 Å². The van der Waals surface area contributed by atoms with E-state index in [9.17, 15) is 24.3 Å². The Morgan fingerprint density at radius 2 is 2.03 bits per heavy atom. The summed E-state index contributed by atoms with van der Waals surface area (Å²) in [6.07, 6.45) is 1.53. The second-order valence-corrected chi connectivity index (χ2v) is 7.47. The van der Waals surface area contributed by atoms with Crippen LogP contribution in [0.1, 0.15) is 33.1 Å². The largest absolute Gasteiger partial charge is 0.548 e. The lowest BCUT2D eigenvalue weighted by atomic mass is 9.97. The van der Waals surface area contributed by atoms with Crippen molar-refractivity contribution in [1.82, 2.24) is 10.2 Å². The fraction of sp³-hybridized carbons (Fsp3) is 0.500. The van der Waals surface area contributed by atoms with Crippen LogP contribution in [0.3, 0.4) is 0 Å². The SMILES string of the molecule is CC[C@H](C)[C@H](NC(=O)N1CC(=O)Nc2ccccc21)C(=O)N1CCC[C@@H]1C(=O)[O-]. The smallest absolute Gasteiger partial charge is 0.323 e. The maximum absolute atomic E-state index is 13.1. The van der Waals surface area contributed by atoms with E-state index in [1.165, 1.54) is 9.80 Å². The zero-order valence-electron chi connectivity index (χ0n) is 16.5. The van der Waals surface area contributed by atoms with Crippen molar-refractivity contribution in [3.8, 4) is 0 Å². The lowest BCUT2D eigenvalue weighted by Crippen LogP contribution is -2.58. The van der Waals surface area contributed by atoms with Gasteiger partial charge in [0.2, 0.25) is 11.8 Å². The molecular weight excluding hydrogens is 376 g/mol. The summed E-state index contributed by atoms with van der Waals surface area (Å²) < 4.78 is 0. The fourth-order valence-electron chi connectivity index (χ4n) is 3.76. The average molecular weight is 401 g/mol. The van der Waals surface area contributed by atoms with Crippen molar-refractivity contribution in [3.63, 3.8) is 0 Å². The zero-order valence-corrected chi connectivity index (χ0v) is 16.5. The van der Waals surface area contributed by atoms with Crippen molar-refractivity contribution >= 4 is 35.2 Å². The van der Waals surface area contributed by atoms with Gasteiger partial charge in [0, 0.05) is 6.54 Å². The summed E-state index contributed by atoms with van der Waals surface area (Å²) in [6.45, 7) is 3.86.